The third-order valence-electron chi connectivity index (χ3n) is 2.55. The summed E-state index contributed by atoms with van der Waals surface area (Å²) in [6.45, 7) is -2.99. The molecule has 0 heterocycles. The summed E-state index contributed by atoms with van der Waals surface area (Å²) in [5.74, 6) is -5.29. The number of carboxylic acid groups (broad SMARTS) is 2. The highest BCUT2D eigenvalue weighted by Crippen LogP contribution is 2.17. The SMILES string of the molecule is O=C(O)/C=C/C(=O)OCC(O)C(CO)(CO)OC(=O)/C=C/C(=O)O. The molecule has 0 aliphatic rings. The fraction of sp³-hybridized carbons (Fsp3) is 0.385. The van der Waals surface area contributed by atoms with Crippen LogP contribution in [0.5, 0.6) is 0 Å². The van der Waals surface area contributed by atoms with Crippen LogP contribution in [0.1, 0.15) is 0 Å². The van der Waals surface area contributed by atoms with Gasteiger partial charge >= 0.3 is 23.9 Å². The van der Waals surface area contributed by atoms with Crippen LogP contribution < -0.4 is 0 Å². The molecule has 0 bridgehead atoms. The Hall–Kier alpha value is -2.76. The number of ether oxygens (including phenoxy) is 2. The number of aliphatic hydroxyl groups excluding tert-OH is 3. The van der Waals surface area contributed by atoms with Crippen LogP contribution in [0.25, 0.3) is 0 Å². The van der Waals surface area contributed by atoms with Gasteiger partial charge in [0.05, 0.1) is 13.2 Å². The van der Waals surface area contributed by atoms with Crippen LogP contribution in [0.2, 0.25) is 0 Å². The highest BCUT2D eigenvalue weighted by Gasteiger charge is 2.41. The third kappa shape index (κ3) is 7.49. The number of aliphatic carboxylic acids is 2. The monoisotopic (exact) mass is 348 g/mol. The highest BCUT2D eigenvalue weighted by molar-refractivity contribution is 5.91. The number of carbonyl (C=O) groups is 4. The Morgan fingerprint density at radius 2 is 1.33 bits per heavy atom. The first-order chi connectivity index (χ1) is 11.2. The van der Waals surface area contributed by atoms with Gasteiger partial charge < -0.3 is 35.0 Å². The van der Waals surface area contributed by atoms with Crippen LogP contribution in [0.3, 0.4) is 0 Å². The van der Waals surface area contributed by atoms with Crippen LogP contribution in [-0.4, -0.2) is 80.9 Å². The van der Waals surface area contributed by atoms with Gasteiger partial charge in [-0.05, 0) is 0 Å². The molecular formula is C13H16O11. The minimum atomic E-state index is -2.27. The molecule has 0 aromatic carbocycles. The van der Waals surface area contributed by atoms with Gasteiger partial charge in [-0.2, -0.15) is 0 Å². The standard InChI is InChI=1S/C13H16O11/c14-6-13(7-15,24-12(22)4-2-10(19)20)8(16)5-23-11(21)3-1-9(17)18/h1-4,8,14-16H,5-7H2,(H,17,18)(H,19,20)/b3-1+,4-2+. The molecule has 0 amide bonds. The lowest BCUT2D eigenvalue weighted by molar-refractivity contribution is -0.192. The quantitative estimate of drug-likeness (QED) is 0.206. The maximum Gasteiger partial charge on any atom is 0.331 e. The predicted octanol–water partition coefficient (Wildman–Crippen LogP) is -2.56. The summed E-state index contributed by atoms with van der Waals surface area (Å²) >= 11 is 0. The van der Waals surface area contributed by atoms with Crippen molar-refractivity contribution in [1.82, 2.24) is 0 Å². The second-order valence-corrected chi connectivity index (χ2v) is 4.29. The molecule has 0 saturated carbocycles. The molecule has 0 aromatic rings. The Balaban J connectivity index is 4.88. The normalized spacial score (nSPS) is 13.0. The maximum absolute atomic E-state index is 11.4. The first kappa shape index (κ1) is 21.2. The fourth-order valence-corrected chi connectivity index (χ4v) is 1.27. The molecule has 0 aromatic heterocycles. The number of carboxylic acids is 2. The van der Waals surface area contributed by atoms with E-state index in [-0.39, 0.29) is 0 Å². The highest BCUT2D eigenvalue weighted by atomic mass is 16.6. The lowest BCUT2D eigenvalue weighted by Crippen LogP contribution is -2.54. The smallest absolute Gasteiger partial charge is 0.331 e. The minimum absolute atomic E-state index is 0.435. The molecule has 11 nitrogen and oxygen atoms in total. The van der Waals surface area contributed by atoms with E-state index >= 15 is 0 Å². The van der Waals surface area contributed by atoms with Gasteiger partial charge in [-0.1, -0.05) is 0 Å². The molecule has 0 aliphatic carbocycles. The van der Waals surface area contributed by atoms with Gasteiger partial charge in [0, 0.05) is 24.3 Å². The second-order valence-electron chi connectivity index (χ2n) is 4.29. The summed E-state index contributed by atoms with van der Waals surface area (Å²) in [7, 11) is 0. The van der Waals surface area contributed by atoms with Crippen molar-refractivity contribution in [3.63, 3.8) is 0 Å². The number of carbonyl (C=O) groups excluding carboxylic acids is 2. The molecule has 0 aliphatic heterocycles. The van der Waals surface area contributed by atoms with Crippen LogP contribution >= 0.6 is 0 Å². The van der Waals surface area contributed by atoms with E-state index in [4.69, 9.17) is 10.2 Å². The molecular weight excluding hydrogens is 332 g/mol. The largest absolute Gasteiger partial charge is 0.478 e. The van der Waals surface area contributed by atoms with Crippen LogP contribution in [0, 0.1) is 0 Å². The van der Waals surface area contributed by atoms with Crippen LogP contribution in [0.4, 0.5) is 0 Å². The summed E-state index contributed by atoms with van der Waals surface area (Å²) < 4.78 is 9.12. The summed E-state index contributed by atoms with van der Waals surface area (Å²) in [5, 5.41) is 45.0. The van der Waals surface area contributed by atoms with Crippen molar-refractivity contribution >= 4 is 23.9 Å². The van der Waals surface area contributed by atoms with Crippen molar-refractivity contribution in [3.8, 4) is 0 Å². The lowest BCUT2D eigenvalue weighted by atomic mass is 9.99. The second kappa shape index (κ2) is 10.1. The van der Waals surface area contributed by atoms with Crippen molar-refractivity contribution in [2.24, 2.45) is 0 Å². The number of hydrogen-bond donors (Lipinski definition) is 5. The molecule has 24 heavy (non-hydrogen) atoms. The molecule has 134 valence electrons. The van der Waals surface area contributed by atoms with Gasteiger partial charge in [-0.25, -0.2) is 19.2 Å². The molecule has 5 N–H and O–H groups in total. The summed E-state index contributed by atoms with van der Waals surface area (Å²) in [5.41, 5.74) is -2.27. The van der Waals surface area contributed by atoms with Gasteiger partial charge in [0.1, 0.15) is 12.7 Å². The molecule has 0 fully saturated rings. The topological polar surface area (TPSA) is 188 Å². The lowest BCUT2D eigenvalue weighted by Gasteiger charge is -2.33. The zero-order chi connectivity index (χ0) is 18.8. The molecule has 0 saturated heterocycles. The Morgan fingerprint density at radius 3 is 1.75 bits per heavy atom. The maximum atomic E-state index is 11.4. The predicted molar refractivity (Wildman–Crippen MR) is 73.5 cm³/mol. The van der Waals surface area contributed by atoms with E-state index in [9.17, 15) is 34.5 Å². The van der Waals surface area contributed by atoms with Gasteiger partial charge in [-0.15, -0.1) is 0 Å². The number of esters is 2. The van der Waals surface area contributed by atoms with Gasteiger partial charge in [0.25, 0.3) is 0 Å². The van der Waals surface area contributed by atoms with Gasteiger partial charge in [0.2, 0.25) is 0 Å². The average Bonchev–Trinajstić information content (AvgIpc) is 2.53. The van der Waals surface area contributed by atoms with Gasteiger partial charge in [-0.3, -0.25) is 0 Å². The van der Waals surface area contributed by atoms with E-state index in [0.29, 0.717) is 24.3 Å². The Bertz CT molecular complexity index is 530. The van der Waals surface area contributed by atoms with E-state index in [1.807, 2.05) is 0 Å². The average molecular weight is 348 g/mol. The van der Waals surface area contributed by atoms with Crippen molar-refractivity contribution < 1.29 is 54.2 Å². The molecule has 0 spiro atoms. The Labute approximate surface area is 135 Å². The van der Waals surface area contributed by atoms with Crippen LogP contribution in [0.15, 0.2) is 24.3 Å². The van der Waals surface area contributed by atoms with Crippen molar-refractivity contribution in [2.75, 3.05) is 19.8 Å². The van der Waals surface area contributed by atoms with E-state index in [1.165, 1.54) is 0 Å². The summed E-state index contributed by atoms with van der Waals surface area (Å²) in [6, 6.07) is 0. The number of hydrogen-bond acceptors (Lipinski definition) is 9. The Morgan fingerprint density at radius 1 is 0.875 bits per heavy atom. The van der Waals surface area contributed by atoms with Crippen molar-refractivity contribution in [1.29, 1.82) is 0 Å². The number of aliphatic hydroxyl groups is 3. The van der Waals surface area contributed by atoms with E-state index in [2.05, 4.69) is 9.47 Å². The molecule has 1 unspecified atom stereocenters. The third-order valence-corrected chi connectivity index (χ3v) is 2.55. The zero-order valence-corrected chi connectivity index (χ0v) is 12.2. The Kier molecular flexibility index (Phi) is 8.94. The van der Waals surface area contributed by atoms with E-state index < -0.39 is 55.4 Å². The molecule has 0 radical (unpaired) electrons. The van der Waals surface area contributed by atoms with E-state index in [0.717, 1.165) is 0 Å². The number of rotatable bonds is 10. The summed E-state index contributed by atoms with van der Waals surface area (Å²) in [6.07, 6.45) is 0.0751. The van der Waals surface area contributed by atoms with E-state index in [1.54, 1.807) is 0 Å². The first-order valence-corrected chi connectivity index (χ1v) is 6.28. The molecule has 11 heteroatoms. The van der Waals surface area contributed by atoms with Crippen LogP contribution in [-0.2, 0) is 28.7 Å². The minimum Gasteiger partial charge on any atom is -0.478 e. The fourth-order valence-electron chi connectivity index (χ4n) is 1.27. The van der Waals surface area contributed by atoms with Gasteiger partial charge in [0.15, 0.2) is 5.60 Å². The summed E-state index contributed by atoms with van der Waals surface area (Å²) in [4.78, 5) is 43.1. The zero-order valence-electron chi connectivity index (χ0n) is 12.2. The van der Waals surface area contributed by atoms with Crippen molar-refractivity contribution in [2.45, 2.75) is 11.7 Å². The first-order valence-electron chi connectivity index (χ1n) is 6.28. The molecule has 0 rings (SSSR count). The van der Waals surface area contributed by atoms with Crippen molar-refractivity contribution in [3.05, 3.63) is 24.3 Å². The molecule has 1 atom stereocenters.